The summed E-state index contributed by atoms with van der Waals surface area (Å²) in [7, 11) is 5.57. The normalized spacial score (nSPS) is 15.4. The molecule has 1 atom stereocenters. The second-order valence-electron chi connectivity index (χ2n) is 8.58. The number of amides is 1. The molecule has 0 radical (unpaired) electrons. The van der Waals surface area contributed by atoms with E-state index in [0.29, 0.717) is 12.1 Å². The molecule has 5 rings (SSSR count). The van der Waals surface area contributed by atoms with Gasteiger partial charge in [0.25, 0.3) is 5.91 Å². The minimum absolute atomic E-state index is 0.0464. The number of hydrogen-bond donors (Lipinski definition) is 1. The van der Waals surface area contributed by atoms with Crippen LogP contribution in [0.25, 0.3) is 10.9 Å². The number of hydrogen-bond acceptors (Lipinski definition) is 3. The van der Waals surface area contributed by atoms with Crippen LogP contribution in [-0.4, -0.2) is 43.5 Å². The first-order valence-electron chi connectivity index (χ1n) is 11.0. The van der Waals surface area contributed by atoms with Crippen molar-refractivity contribution in [2.75, 3.05) is 32.6 Å². The smallest absolute Gasteiger partial charge is 0.254 e. The number of benzene rings is 3. The van der Waals surface area contributed by atoms with E-state index in [1.165, 1.54) is 17.7 Å². The number of anilines is 1. The number of ether oxygens (including phenoxy) is 1. The van der Waals surface area contributed by atoms with Crippen molar-refractivity contribution in [2.45, 2.75) is 12.5 Å². The van der Waals surface area contributed by atoms with E-state index in [-0.39, 0.29) is 17.8 Å². The van der Waals surface area contributed by atoms with E-state index in [9.17, 15) is 9.18 Å². The van der Waals surface area contributed by atoms with Crippen molar-refractivity contribution in [3.63, 3.8) is 0 Å². The zero-order valence-electron chi connectivity index (χ0n) is 18.9. The molecule has 0 bridgehead atoms. The van der Waals surface area contributed by atoms with E-state index in [0.717, 1.165) is 40.0 Å². The minimum atomic E-state index is -0.344. The van der Waals surface area contributed by atoms with E-state index < -0.39 is 0 Å². The number of aromatic amines is 1. The minimum Gasteiger partial charge on any atom is -0.497 e. The molecule has 4 aromatic rings. The third-order valence-electron chi connectivity index (χ3n) is 6.39. The molecule has 1 aliphatic rings. The van der Waals surface area contributed by atoms with Crippen molar-refractivity contribution in [2.24, 2.45) is 0 Å². The zero-order chi connectivity index (χ0) is 23.1. The average Bonchev–Trinajstić information content (AvgIpc) is 3.21. The van der Waals surface area contributed by atoms with Crippen molar-refractivity contribution < 1.29 is 13.9 Å². The van der Waals surface area contributed by atoms with Crippen LogP contribution in [-0.2, 0) is 6.42 Å². The van der Waals surface area contributed by atoms with Gasteiger partial charge >= 0.3 is 0 Å². The van der Waals surface area contributed by atoms with Crippen molar-refractivity contribution in [1.29, 1.82) is 0 Å². The summed E-state index contributed by atoms with van der Waals surface area (Å²) >= 11 is 0. The molecule has 33 heavy (non-hydrogen) atoms. The molecule has 1 aromatic heterocycles. The van der Waals surface area contributed by atoms with Crippen molar-refractivity contribution in [3.8, 4) is 5.75 Å². The molecule has 1 unspecified atom stereocenters. The van der Waals surface area contributed by atoms with Gasteiger partial charge in [-0.05, 0) is 66.1 Å². The maximum absolute atomic E-state index is 13.8. The molecule has 1 N–H and O–H groups in total. The molecule has 0 fully saturated rings. The molecule has 1 amide bonds. The van der Waals surface area contributed by atoms with E-state index >= 15 is 0 Å². The van der Waals surface area contributed by atoms with Gasteiger partial charge in [-0.3, -0.25) is 4.79 Å². The molecule has 0 spiro atoms. The Hall–Kier alpha value is -3.80. The van der Waals surface area contributed by atoms with Gasteiger partial charge in [-0.15, -0.1) is 0 Å². The maximum Gasteiger partial charge on any atom is 0.254 e. The van der Waals surface area contributed by atoms with Crippen LogP contribution >= 0.6 is 0 Å². The number of halogens is 1. The van der Waals surface area contributed by atoms with Gasteiger partial charge in [0.2, 0.25) is 0 Å². The van der Waals surface area contributed by atoms with Gasteiger partial charge in [0.1, 0.15) is 11.6 Å². The van der Waals surface area contributed by atoms with Crippen molar-refractivity contribution in [1.82, 2.24) is 9.88 Å². The third-order valence-corrected chi connectivity index (χ3v) is 6.39. The van der Waals surface area contributed by atoms with Crippen LogP contribution in [0.15, 0.2) is 66.7 Å². The molecule has 2 heterocycles. The highest BCUT2D eigenvalue weighted by atomic mass is 19.1. The Bertz CT molecular complexity index is 1330. The Kier molecular flexibility index (Phi) is 5.29. The van der Waals surface area contributed by atoms with Crippen LogP contribution < -0.4 is 9.64 Å². The number of carbonyl (C=O) groups excluding carboxylic acids is 1. The Balaban J connectivity index is 1.64. The molecule has 1 aliphatic heterocycles. The van der Waals surface area contributed by atoms with E-state index in [1.807, 2.05) is 66.4 Å². The average molecular weight is 444 g/mol. The Labute approximate surface area is 192 Å². The fraction of sp³-hybridized carbons (Fsp3) is 0.222. The third kappa shape index (κ3) is 3.71. The lowest BCUT2D eigenvalue weighted by atomic mass is 9.91. The number of H-pyrrole nitrogens is 1. The highest BCUT2D eigenvalue weighted by Crippen LogP contribution is 2.40. The highest BCUT2D eigenvalue weighted by Gasteiger charge is 2.35. The van der Waals surface area contributed by atoms with Crippen LogP contribution in [0, 0.1) is 5.82 Å². The number of fused-ring (bicyclic) bond motifs is 3. The van der Waals surface area contributed by atoms with Crippen LogP contribution in [0.2, 0.25) is 0 Å². The summed E-state index contributed by atoms with van der Waals surface area (Å²) in [6, 6.07) is 19.7. The Morgan fingerprint density at radius 3 is 2.61 bits per heavy atom. The molecule has 0 saturated heterocycles. The van der Waals surface area contributed by atoms with Gasteiger partial charge < -0.3 is 19.5 Å². The molecule has 5 nitrogen and oxygen atoms in total. The predicted molar refractivity (Wildman–Crippen MR) is 129 cm³/mol. The topological polar surface area (TPSA) is 48.6 Å². The SMILES string of the molecule is COc1ccc2[nH]c3c(c2c1)CCN(C(=O)c1cccc(N(C)C)c1)C3c1ccc(F)cc1. The molecular weight excluding hydrogens is 417 g/mol. The fourth-order valence-electron chi connectivity index (χ4n) is 4.69. The number of rotatable bonds is 4. The first kappa shape index (κ1) is 21.1. The number of methoxy groups -OCH3 is 1. The molecule has 0 aliphatic carbocycles. The first-order chi connectivity index (χ1) is 16.0. The van der Waals surface area contributed by atoms with Crippen LogP contribution in [0.5, 0.6) is 5.75 Å². The number of nitrogens with zero attached hydrogens (tertiary/aromatic N) is 2. The first-order valence-corrected chi connectivity index (χ1v) is 11.0. The summed E-state index contributed by atoms with van der Waals surface area (Å²) in [6.07, 6.45) is 0.722. The lowest BCUT2D eigenvalue weighted by Gasteiger charge is -2.36. The van der Waals surface area contributed by atoms with E-state index in [1.54, 1.807) is 19.2 Å². The van der Waals surface area contributed by atoms with Gasteiger partial charge in [0, 0.05) is 48.5 Å². The van der Waals surface area contributed by atoms with Crippen LogP contribution in [0.1, 0.15) is 33.2 Å². The Morgan fingerprint density at radius 1 is 1.09 bits per heavy atom. The van der Waals surface area contributed by atoms with E-state index in [4.69, 9.17) is 4.74 Å². The number of nitrogens with one attached hydrogen (secondary N) is 1. The van der Waals surface area contributed by atoms with Gasteiger partial charge in [0.15, 0.2) is 0 Å². The second-order valence-corrected chi connectivity index (χ2v) is 8.58. The lowest BCUT2D eigenvalue weighted by molar-refractivity contribution is 0.0692. The van der Waals surface area contributed by atoms with E-state index in [2.05, 4.69) is 4.98 Å². The summed E-state index contributed by atoms with van der Waals surface area (Å²) < 4.78 is 19.2. The number of carbonyl (C=O) groups is 1. The van der Waals surface area contributed by atoms with Gasteiger partial charge in [-0.2, -0.15) is 0 Å². The van der Waals surface area contributed by atoms with Gasteiger partial charge in [-0.1, -0.05) is 18.2 Å². The van der Waals surface area contributed by atoms with Crippen molar-refractivity contribution in [3.05, 3.63) is 94.9 Å². The van der Waals surface area contributed by atoms with Gasteiger partial charge in [0.05, 0.1) is 13.2 Å². The van der Waals surface area contributed by atoms with Crippen LogP contribution in [0.4, 0.5) is 10.1 Å². The molecule has 0 saturated carbocycles. The second kappa shape index (κ2) is 8.28. The van der Waals surface area contributed by atoms with Crippen LogP contribution in [0.3, 0.4) is 0 Å². The zero-order valence-corrected chi connectivity index (χ0v) is 18.9. The standard InChI is InChI=1S/C27H26FN3O2/c1-30(2)20-6-4-5-18(15-20)27(32)31-14-13-22-23-16-21(33-3)11-12-24(23)29-25(22)26(31)17-7-9-19(28)10-8-17/h4-12,15-16,26,29H,13-14H2,1-3H3. The monoisotopic (exact) mass is 443 g/mol. The maximum atomic E-state index is 13.8. The molecule has 6 heteroatoms. The predicted octanol–water partition coefficient (Wildman–Crippen LogP) is 5.17. The Morgan fingerprint density at radius 2 is 1.88 bits per heavy atom. The largest absolute Gasteiger partial charge is 0.497 e. The quantitative estimate of drug-likeness (QED) is 0.473. The van der Waals surface area contributed by atoms with Gasteiger partial charge in [-0.25, -0.2) is 4.39 Å². The fourth-order valence-corrected chi connectivity index (χ4v) is 4.69. The summed E-state index contributed by atoms with van der Waals surface area (Å²) in [4.78, 5) is 21.2. The summed E-state index contributed by atoms with van der Waals surface area (Å²) in [5.74, 6) is 0.448. The molecule has 3 aromatic carbocycles. The summed E-state index contributed by atoms with van der Waals surface area (Å²) in [5.41, 5.74) is 5.60. The highest BCUT2D eigenvalue weighted by molar-refractivity contribution is 5.96. The lowest BCUT2D eigenvalue weighted by Crippen LogP contribution is -2.40. The molecule has 168 valence electrons. The molecular formula is C27H26FN3O2. The number of aromatic nitrogens is 1. The van der Waals surface area contributed by atoms with Crippen molar-refractivity contribution >= 4 is 22.5 Å². The summed E-state index contributed by atoms with van der Waals surface area (Å²) in [6.45, 7) is 0.560. The summed E-state index contributed by atoms with van der Waals surface area (Å²) in [5, 5.41) is 1.10.